The first-order chi connectivity index (χ1) is 24.3. The summed E-state index contributed by atoms with van der Waals surface area (Å²) >= 11 is 7.63. The molecule has 12 nitrogen and oxygen atoms in total. The molecule has 0 radical (unpaired) electrons. The number of isothiocyanates is 1. The summed E-state index contributed by atoms with van der Waals surface area (Å²) in [6, 6.07) is 13.3. The second-order valence-electron chi connectivity index (χ2n) is 11.2. The first kappa shape index (κ1) is 42.6. The number of aromatic nitrogens is 4. The van der Waals surface area contributed by atoms with Gasteiger partial charge in [-0.3, -0.25) is 19.9 Å². The molecule has 4 aromatic rings. The molecular weight excluding hydrogens is 778 g/mol. The van der Waals surface area contributed by atoms with Crippen LogP contribution in [0, 0.1) is 0 Å². The molecule has 268 valence electrons. The van der Waals surface area contributed by atoms with Gasteiger partial charge in [0.15, 0.2) is 0 Å². The minimum atomic E-state index is -1.08. The molecule has 0 unspecified atom stereocenters. The number of carboxylic acid groups (broad SMARTS) is 2. The average Bonchev–Trinajstić information content (AvgIpc) is 3.14. The Kier molecular flexibility index (Phi) is 19.9. The summed E-state index contributed by atoms with van der Waals surface area (Å²) in [6.07, 6.45) is 19.3. The maximum atomic E-state index is 10.8. The standard InChI is InChI=1S/C22H28N2O2.C12H8N2O4.CH3NS.CNS.Ru/c1-3-7-17(8-4-1)25-19-11-13-23-21(15-19)22-16-20(12-14-24-22)26-18-9-5-2-6-10-18;15-11(16)7-1-3-13-9(5-7)10-6-8(12(17)18)2-4-14-10;2*2-1-3;/h11-18H,1-10H2;1-6H,(H,15,16)(H,17,18);1H,(H2,2,3);;/q;;;-1;+2/p-1. The van der Waals surface area contributed by atoms with Gasteiger partial charge in [0.1, 0.15) is 11.5 Å². The Morgan fingerprint density at radius 1 is 0.686 bits per heavy atom. The molecule has 2 aliphatic rings. The van der Waals surface area contributed by atoms with Crippen molar-refractivity contribution in [1.29, 1.82) is 0 Å². The van der Waals surface area contributed by atoms with Gasteiger partial charge in [0.25, 0.3) is 0 Å². The van der Waals surface area contributed by atoms with E-state index in [4.69, 9.17) is 30.8 Å². The second-order valence-corrected chi connectivity index (χ2v) is 11.6. The molecule has 3 N–H and O–H groups in total. The Balaban J connectivity index is 0.000000315. The molecule has 2 saturated carbocycles. The number of nitrogens with zero attached hydrogens (tertiary/aromatic N) is 5. The third-order valence-corrected chi connectivity index (χ3v) is 7.71. The molecule has 0 atom stereocenters. The zero-order valence-electron chi connectivity index (χ0n) is 27.7. The number of carbonyl (C=O) groups is 2. The Bertz CT molecular complexity index is 1610. The summed E-state index contributed by atoms with van der Waals surface area (Å²) in [5.41, 5.74) is 9.19. The van der Waals surface area contributed by atoms with Gasteiger partial charge in [-0.15, -0.1) is 17.7 Å². The molecule has 15 heteroatoms. The summed E-state index contributed by atoms with van der Waals surface area (Å²) < 4.78 is 12.3. The maximum absolute atomic E-state index is 10.8. The summed E-state index contributed by atoms with van der Waals surface area (Å²) in [5.74, 6) is -0.370. The van der Waals surface area contributed by atoms with Crippen LogP contribution < -0.4 is 9.47 Å². The van der Waals surface area contributed by atoms with E-state index in [-0.39, 0.29) is 30.6 Å². The minimum absolute atomic E-state index is 0. The van der Waals surface area contributed by atoms with E-state index >= 15 is 0 Å². The van der Waals surface area contributed by atoms with Crippen LogP contribution in [0.1, 0.15) is 84.9 Å². The van der Waals surface area contributed by atoms with Crippen LogP contribution in [0.15, 0.2) is 73.3 Å². The van der Waals surface area contributed by atoms with Crippen LogP contribution in [0.25, 0.3) is 33.9 Å². The number of aromatic carboxylic acids is 2. The van der Waals surface area contributed by atoms with E-state index in [1.807, 2.05) is 36.7 Å². The quantitative estimate of drug-likeness (QED) is 0.0978. The number of ether oxygens (including phenoxy) is 2. The van der Waals surface area contributed by atoms with Gasteiger partial charge in [-0.1, -0.05) is 25.1 Å². The first-order valence-corrected chi connectivity index (χ1v) is 16.9. The van der Waals surface area contributed by atoms with Crippen LogP contribution in [-0.4, -0.2) is 64.9 Å². The summed E-state index contributed by atoms with van der Waals surface area (Å²) in [7, 11) is 0. The summed E-state index contributed by atoms with van der Waals surface area (Å²) in [4.78, 5) is 38.6. The van der Waals surface area contributed by atoms with E-state index in [9.17, 15) is 9.59 Å². The van der Waals surface area contributed by atoms with Gasteiger partial charge in [0, 0.05) is 36.9 Å². The predicted octanol–water partition coefficient (Wildman–Crippen LogP) is 8.76. The second kappa shape index (κ2) is 23.8. The smallest absolute Gasteiger partial charge is 0.753 e. The van der Waals surface area contributed by atoms with Crippen molar-refractivity contribution in [2.75, 3.05) is 0 Å². The zero-order valence-corrected chi connectivity index (χ0v) is 31.0. The summed E-state index contributed by atoms with van der Waals surface area (Å²) in [6.45, 7) is 0. The van der Waals surface area contributed by atoms with E-state index in [2.05, 4.69) is 44.4 Å². The van der Waals surface area contributed by atoms with Crippen LogP contribution in [0.4, 0.5) is 0 Å². The molecule has 4 aromatic heterocycles. The van der Waals surface area contributed by atoms with Crippen molar-refractivity contribution in [3.63, 3.8) is 0 Å². The molecule has 0 bridgehead atoms. The van der Waals surface area contributed by atoms with Gasteiger partial charge in [-0.05, 0) is 87.8 Å². The molecule has 51 heavy (non-hydrogen) atoms. The number of rotatable bonds is 8. The number of hydrogen-bond donors (Lipinski definition) is 2. The van der Waals surface area contributed by atoms with Crippen molar-refractivity contribution in [3.8, 4) is 34.3 Å². The van der Waals surface area contributed by atoms with Crippen molar-refractivity contribution in [3.05, 3.63) is 95.6 Å². The monoisotopic (exact) mass is 816 g/mol. The molecular formula is C36H38N6O6RuS2. The van der Waals surface area contributed by atoms with Crippen LogP contribution in [-0.2, 0) is 19.5 Å². The van der Waals surface area contributed by atoms with Gasteiger partial charge in [-0.2, -0.15) is 5.16 Å². The average molecular weight is 816 g/mol. The zero-order chi connectivity index (χ0) is 36.1. The van der Waals surface area contributed by atoms with Crippen molar-refractivity contribution in [2.24, 2.45) is 0 Å². The predicted molar refractivity (Wildman–Crippen MR) is 198 cm³/mol. The van der Waals surface area contributed by atoms with Gasteiger partial charge in [-0.25, -0.2) is 9.59 Å². The Hall–Kier alpha value is -4.55. The molecule has 0 spiro atoms. The Morgan fingerprint density at radius 3 is 1.29 bits per heavy atom. The van der Waals surface area contributed by atoms with Gasteiger partial charge >= 0.3 is 31.4 Å². The van der Waals surface area contributed by atoms with Crippen LogP contribution >= 0.6 is 24.4 Å². The first-order valence-electron chi connectivity index (χ1n) is 16.0. The van der Waals surface area contributed by atoms with E-state index < -0.39 is 11.9 Å². The number of hydrogen-bond acceptors (Lipinski definition) is 10. The third-order valence-electron chi connectivity index (χ3n) is 7.71. The topological polar surface area (TPSA) is 191 Å². The van der Waals surface area contributed by atoms with Crippen LogP contribution in [0.3, 0.4) is 0 Å². The van der Waals surface area contributed by atoms with E-state index in [1.165, 1.54) is 80.3 Å². The fourth-order valence-corrected chi connectivity index (χ4v) is 5.41. The molecule has 0 saturated heterocycles. The van der Waals surface area contributed by atoms with Gasteiger partial charge < -0.3 is 30.8 Å². The van der Waals surface area contributed by atoms with Crippen LogP contribution in [0.5, 0.6) is 11.5 Å². The largest absolute Gasteiger partial charge is 2.00 e. The van der Waals surface area contributed by atoms with Crippen molar-refractivity contribution in [1.82, 2.24) is 19.9 Å². The van der Waals surface area contributed by atoms with Gasteiger partial charge in [0.2, 0.25) is 0 Å². The molecule has 2 aliphatic carbocycles. The number of pyridine rings is 4. The van der Waals surface area contributed by atoms with Crippen LogP contribution in [0.2, 0.25) is 0 Å². The molecule has 4 heterocycles. The molecule has 2 fully saturated rings. The Morgan fingerprint density at radius 2 is 0.980 bits per heavy atom. The van der Waals surface area contributed by atoms with Crippen molar-refractivity contribution >= 4 is 47.0 Å². The van der Waals surface area contributed by atoms with Crippen molar-refractivity contribution < 1.29 is 48.8 Å². The third kappa shape index (κ3) is 15.1. The van der Waals surface area contributed by atoms with Crippen molar-refractivity contribution in [2.45, 2.75) is 76.4 Å². The normalized spacial score (nSPS) is 13.7. The minimum Gasteiger partial charge on any atom is -0.753 e. The number of nitrogens with one attached hydrogen (secondary N) is 1. The molecule has 0 aromatic carbocycles. The number of thiocarbonyl (C=S) groups is 2. The Labute approximate surface area is 320 Å². The molecule has 0 aliphatic heterocycles. The number of carboxylic acids is 2. The fraction of sp³-hybridized carbons (Fsp3) is 0.333. The van der Waals surface area contributed by atoms with E-state index in [0.29, 0.717) is 23.6 Å². The van der Waals surface area contributed by atoms with E-state index in [0.717, 1.165) is 54.1 Å². The SMILES string of the molecule is O=C(O)c1ccnc(-c2cc(C(=O)O)ccn2)c1.[N-]=C=S.[NH-]C=S.[Ru+2].c1cc(OC2CCCCC2)cc(-c2cc(OC3CCCCC3)ccn2)n1. The fourth-order valence-electron chi connectivity index (χ4n) is 5.41. The van der Waals surface area contributed by atoms with Gasteiger partial charge in [0.05, 0.1) is 46.1 Å². The molecule has 6 rings (SSSR count). The van der Waals surface area contributed by atoms with E-state index in [1.54, 1.807) is 0 Å². The summed E-state index contributed by atoms with van der Waals surface area (Å²) in [5, 5.41) is 26.2. The molecule has 0 amide bonds. The maximum Gasteiger partial charge on any atom is 2.00 e.